The second-order valence-electron chi connectivity index (χ2n) is 9.63. The van der Waals surface area contributed by atoms with Gasteiger partial charge < -0.3 is 14.7 Å². The Hall–Kier alpha value is -2.87. The van der Waals surface area contributed by atoms with Crippen LogP contribution in [0.15, 0.2) is 42.5 Å². The standard InChI is InChI=1S/C26H26F3NO4/c27-26(28,29)20-14-18(24(32)33)7-8-19(20)16-3-5-17(6-4-16)21-15-25(21)9-11-30(12-10-25)23(31)22-2-1-13-34-22/h3-8,14,21-22H,1-2,9-13,15H2,(H,32,33)/t21-,22?/m0/s1. The van der Waals surface area contributed by atoms with Crippen LogP contribution in [0.3, 0.4) is 0 Å². The summed E-state index contributed by atoms with van der Waals surface area (Å²) in [6.45, 7) is 2.09. The highest BCUT2D eigenvalue weighted by Gasteiger charge is 2.55. The number of rotatable bonds is 4. The molecule has 3 fully saturated rings. The molecule has 2 atom stereocenters. The van der Waals surface area contributed by atoms with Crippen LogP contribution in [-0.2, 0) is 15.7 Å². The molecule has 2 saturated heterocycles. The molecule has 2 aromatic carbocycles. The average Bonchev–Trinajstić information content (AvgIpc) is 3.24. The predicted octanol–water partition coefficient (Wildman–Crippen LogP) is 5.35. The van der Waals surface area contributed by atoms with Gasteiger partial charge in [-0.25, -0.2) is 4.79 Å². The van der Waals surface area contributed by atoms with Crippen LogP contribution in [0.1, 0.15) is 59.5 Å². The first-order chi connectivity index (χ1) is 16.2. The van der Waals surface area contributed by atoms with Crippen LogP contribution in [0.4, 0.5) is 13.2 Å². The first-order valence-electron chi connectivity index (χ1n) is 11.6. The van der Waals surface area contributed by atoms with E-state index in [2.05, 4.69) is 0 Å². The molecule has 1 amide bonds. The van der Waals surface area contributed by atoms with Gasteiger partial charge >= 0.3 is 12.1 Å². The van der Waals surface area contributed by atoms with E-state index in [0.29, 0.717) is 24.2 Å². The van der Waals surface area contributed by atoms with E-state index in [-0.39, 0.29) is 23.0 Å². The average molecular weight is 473 g/mol. The molecule has 5 nitrogen and oxygen atoms in total. The lowest BCUT2D eigenvalue weighted by molar-refractivity contribution is -0.142. The summed E-state index contributed by atoms with van der Waals surface area (Å²) in [5, 5.41) is 9.07. The van der Waals surface area contributed by atoms with Gasteiger partial charge in [0.25, 0.3) is 5.91 Å². The maximum atomic E-state index is 13.6. The number of benzene rings is 2. The van der Waals surface area contributed by atoms with Gasteiger partial charge in [0, 0.05) is 19.7 Å². The minimum Gasteiger partial charge on any atom is -0.478 e. The minimum absolute atomic E-state index is 0.0319. The van der Waals surface area contributed by atoms with E-state index in [9.17, 15) is 22.8 Å². The summed E-state index contributed by atoms with van der Waals surface area (Å²) >= 11 is 0. The topological polar surface area (TPSA) is 66.8 Å². The van der Waals surface area contributed by atoms with Crippen molar-refractivity contribution in [3.05, 3.63) is 59.2 Å². The third-order valence-corrected chi connectivity index (χ3v) is 7.66. The Balaban J connectivity index is 1.28. The number of alkyl halides is 3. The van der Waals surface area contributed by atoms with Crippen LogP contribution < -0.4 is 0 Å². The summed E-state index contributed by atoms with van der Waals surface area (Å²) in [4.78, 5) is 25.6. The highest BCUT2D eigenvalue weighted by Crippen LogP contribution is 2.65. The molecule has 3 aliphatic rings. The molecule has 1 spiro atoms. The van der Waals surface area contributed by atoms with E-state index >= 15 is 0 Å². The van der Waals surface area contributed by atoms with Crippen LogP contribution >= 0.6 is 0 Å². The molecule has 34 heavy (non-hydrogen) atoms. The first kappa shape index (κ1) is 22.9. The molecule has 0 aromatic heterocycles. The zero-order valence-corrected chi connectivity index (χ0v) is 18.6. The number of aromatic carboxylic acids is 1. The molecule has 0 radical (unpaired) electrons. The molecular formula is C26H26F3NO4. The second kappa shape index (κ2) is 8.41. The summed E-state index contributed by atoms with van der Waals surface area (Å²) in [6.07, 6.45) is -0.350. The van der Waals surface area contributed by atoms with Crippen molar-refractivity contribution >= 4 is 11.9 Å². The summed E-state index contributed by atoms with van der Waals surface area (Å²) in [5.74, 6) is -0.948. The molecule has 0 bridgehead atoms. The maximum absolute atomic E-state index is 13.6. The number of piperidine rings is 1. The Kier molecular flexibility index (Phi) is 5.67. The smallest absolute Gasteiger partial charge is 0.417 e. The number of carboxylic acid groups (broad SMARTS) is 1. The fourth-order valence-electron chi connectivity index (χ4n) is 5.58. The lowest BCUT2D eigenvalue weighted by atomic mass is 9.88. The van der Waals surface area contributed by atoms with Crippen molar-refractivity contribution in [1.29, 1.82) is 0 Å². The normalized spacial score (nSPS) is 23.8. The van der Waals surface area contributed by atoms with Crippen molar-refractivity contribution in [2.45, 2.75) is 50.3 Å². The third kappa shape index (κ3) is 4.19. The fraction of sp³-hybridized carbons (Fsp3) is 0.462. The first-order valence-corrected chi connectivity index (χ1v) is 11.6. The Morgan fingerprint density at radius 1 is 1.06 bits per heavy atom. The molecule has 1 N–H and O–H groups in total. The number of ether oxygens (including phenoxy) is 1. The second-order valence-corrected chi connectivity index (χ2v) is 9.63. The van der Waals surface area contributed by atoms with Gasteiger partial charge in [0.05, 0.1) is 11.1 Å². The van der Waals surface area contributed by atoms with E-state index < -0.39 is 23.3 Å². The minimum atomic E-state index is -4.66. The van der Waals surface area contributed by atoms with E-state index in [0.717, 1.165) is 50.8 Å². The molecule has 2 aromatic rings. The number of likely N-dealkylation sites (tertiary alicyclic amines) is 1. The highest BCUT2D eigenvalue weighted by molar-refractivity contribution is 5.89. The molecule has 2 aliphatic heterocycles. The zero-order valence-electron chi connectivity index (χ0n) is 18.6. The quantitative estimate of drug-likeness (QED) is 0.651. The number of hydrogen-bond acceptors (Lipinski definition) is 3. The van der Waals surface area contributed by atoms with Crippen LogP contribution in [0.2, 0.25) is 0 Å². The lowest BCUT2D eigenvalue weighted by Gasteiger charge is -2.34. The number of hydrogen-bond donors (Lipinski definition) is 1. The van der Waals surface area contributed by atoms with E-state index in [1.807, 2.05) is 17.0 Å². The van der Waals surface area contributed by atoms with E-state index in [1.54, 1.807) is 12.1 Å². The molecule has 1 unspecified atom stereocenters. The van der Waals surface area contributed by atoms with Gasteiger partial charge in [-0.3, -0.25) is 4.79 Å². The van der Waals surface area contributed by atoms with Gasteiger partial charge in [-0.05, 0) is 72.3 Å². The Labute approximate surface area is 195 Å². The molecular weight excluding hydrogens is 447 g/mol. The SMILES string of the molecule is O=C(O)c1ccc(-c2ccc([C@@H]3CC34CCN(C(=O)C3CCCO3)CC4)cc2)c(C(F)(F)F)c1. The van der Waals surface area contributed by atoms with Crippen molar-refractivity contribution in [2.75, 3.05) is 19.7 Å². The predicted molar refractivity (Wildman–Crippen MR) is 118 cm³/mol. The number of nitrogens with zero attached hydrogens (tertiary/aromatic N) is 1. The van der Waals surface area contributed by atoms with Crippen molar-refractivity contribution < 1.29 is 32.6 Å². The molecule has 1 saturated carbocycles. The molecule has 1 aliphatic carbocycles. The fourth-order valence-corrected chi connectivity index (χ4v) is 5.58. The van der Waals surface area contributed by atoms with Crippen molar-refractivity contribution in [1.82, 2.24) is 4.90 Å². The van der Waals surface area contributed by atoms with Crippen LogP contribution in [0.25, 0.3) is 11.1 Å². The van der Waals surface area contributed by atoms with E-state index in [4.69, 9.17) is 9.84 Å². The Morgan fingerprint density at radius 3 is 2.35 bits per heavy atom. The molecule has 2 heterocycles. The number of amides is 1. The molecule has 5 rings (SSSR count). The van der Waals surface area contributed by atoms with Crippen LogP contribution in [-0.4, -0.2) is 47.7 Å². The van der Waals surface area contributed by atoms with Crippen LogP contribution in [0.5, 0.6) is 0 Å². The maximum Gasteiger partial charge on any atom is 0.417 e. The van der Waals surface area contributed by atoms with Gasteiger partial charge in [0.2, 0.25) is 0 Å². The monoisotopic (exact) mass is 473 g/mol. The number of carboxylic acids is 1. The Morgan fingerprint density at radius 2 is 1.76 bits per heavy atom. The molecule has 8 heteroatoms. The van der Waals surface area contributed by atoms with Crippen molar-refractivity contribution in [3.8, 4) is 11.1 Å². The van der Waals surface area contributed by atoms with Gasteiger partial charge in [-0.1, -0.05) is 30.3 Å². The lowest BCUT2D eigenvalue weighted by Crippen LogP contribution is -2.44. The summed E-state index contributed by atoms with van der Waals surface area (Å²) in [7, 11) is 0. The number of carbonyl (C=O) groups excluding carboxylic acids is 1. The summed E-state index contributed by atoms with van der Waals surface area (Å²) < 4.78 is 46.3. The molecule has 180 valence electrons. The van der Waals surface area contributed by atoms with Gasteiger partial charge in [0.1, 0.15) is 6.10 Å². The van der Waals surface area contributed by atoms with Crippen molar-refractivity contribution in [3.63, 3.8) is 0 Å². The van der Waals surface area contributed by atoms with Gasteiger partial charge in [-0.2, -0.15) is 13.2 Å². The van der Waals surface area contributed by atoms with Crippen LogP contribution in [0, 0.1) is 5.41 Å². The van der Waals surface area contributed by atoms with Crippen molar-refractivity contribution in [2.24, 2.45) is 5.41 Å². The van der Waals surface area contributed by atoms with Gasteiger partial charge in [-0.15, -0.1) is 0 Å². The largest absolute Gasteiger partial charge is 0.478 e. The summed E-state index contributed by atoms with van der Waals surface area (Å²) in [5.41, 5.74) is 0.284. The highest BCUT2D eigenvalue weighted by atomic mass is 19.4. The summed E-state index contributed by atoms with van der Waals surface area (Å²) in [6, 6.07) is 10.2. The van der Waals surface area contributed by atoms with E-state index in [1.165, 1.54) is 12.1 Å². The Bertz CT molecular complexity index is 1100. The third-order valence-electron chi connectivity index (χ3n) is 7.66. The van der Waals surface area contributed by atoms with Gasteiger partial charge in [0.15, 0.2) is 0 Å². The number of carbonyl (C=O) groups is 2. The zero-order chi connectivity index (χ0) is 24.1. The number of halogens is 3.